The van der Waals surface area contributed by atoms with Gasteiger partial charge in [0.05, 0.1) is 13.7 Å². The molecule has 0 bridgehead atoms. The van der Waals surface area contributed by atoms with Crippen LogP contribution in [0.5, 0.6) is 0 Å². The van der Waals surface area contributed by atoms with Gasteiger partial charge in [-0.2, -0.15) is 0 Å². The zero-order valence-corrected chi connectivity index (χ0v) is 20.4. The molecule has 6 atom stereocenters. The highest BCUT2D eigenvalue weighted by Gasteiger charge is 2.56. The van der Waals surface area contributed by atoms with Gasteiger partial charge in [0.25, 0.3) is 0 Å². The van der Waals surface area contributed by atoms with Crippen LogP contribution in [0.25, 0.3) is 0 Å². The van der Waals surface area contributed by atoms with E-state index >= 15 is 0 Å². The van der Waals surface area contributed by atoms with Gasteiger partial charge >= 0.3 is 11.9 Å². The Morgan fingerprint density at radius 1 is 1.06 bits per heavy atom. The Kier molecular flexibility index (Phi) is 6.81. The SMILES string of the molecule is COC(=O)[C@H](OC(C)=O)[C@@H](/C=C1\[C@H]2OC(C)(C)O[C@H]2O[C@@H]1[C@H]1COC(C)(C)O1)C(C)(C)C. The molecule has 32 heavy (non-hydrogen) atoms. The summed E-state index contributed by atoms with van der Waals surface area (Å²) in [5.74, 6) is -3.30. The fourth-order valence-electron chi connectivity index (χ4n) is 4.36. The number of fused-ring (bicyclic) bond motifs is 1. The van der Waals surface area contributed by atoms with Crippen molar-refractivity contribution in [2.24, 2.45) is 11.3 Å². The first-order valence-electron chi connectivity index (χ1n) is 10.9. The minimum atomic E-state index is -1.13. The molecule has 0 radical (unpaired) electrons. The number of ether oxygens (including phenoxy) is 7. The Labute approximate surface area is 189 Å². The maximum Gasteiger partial charge on any atom is 0.347 e. The van der Waals surface area contributed by atoms with Crippen LogP contribution in [0.4, 0.5) is 0 Å². The number of carbonyl (C=O) groups is 2. The highest BCUT2D eigenvalue weighted by molar-refractivity contribution is 5.79. The van der Waals surface area contributed by atoms with Crippen molar-refractivity contribution in [1.82, 2.24) is 0 Å². The van der Waals surface area contributed by atoms with Crippen LogP contribution in [0, 0.1) is 11.3 Å². The van der Waals surface area contributed by atoms with Gasteiger partial charge in [-0.3, -0.25) is 4.79 Å². The second-order valence-electron chi connectivity index (χ2n) is 10.5. The standard InChI is InChI=1S/C23H36O9/c1-12(24)28-18(19(25)26-9)14(21(2,3)4)10-13-16(15-11-27-22(5,6)30-15)29-20-17(13)31-23(7,8)32-20/h10,14-18,20H,11H2,1-9H3/b13-10-/t14-,15-,16+,17-,18-,20-/m1/s1. The molecular weight excluding hydrogens is 420 g/mol. The predicted molar refractivity (Wildman–Crippen MR) is 112 cm³/mol. The van der Waals surface area contributed by atoms with Crippen LogP contribution in [0.3, 0.4) is 0 Å². The lowest BCUT2D eigenvalue weighted by Crippen LogP contribution is -2.42. The quantitative estimate of drug-likeness (QED) is 0.457. The van der Waals surface area contributed by atoms with Crippen molar-refractivity contribution in [3.63, 3.8) is 0 Å². The lowest BCUT2D eigenvalue weighted by Gasteiger charge is -2.34. The van der Waals surface area contributed by atoms with Gasteiger partial charge in [-0.15, -0.1) is 0 Å². The van der Waals surface area contributed by atoms with E-state index in [4.69, 9.17) is 33.2 Å². The Morgan fingerprint density at radius 3 is 2.22 bits per heavy atom. The third-order valence-corrected chi connectivity index (χ3v) is 5.79. The van der Waals surface area contributed by atoms with Crippen LogP contribution in [0.15, 0.2) is 11.6 Å². The van der Waals surface area contributed by atoms with Gasteiger partial charge in [-0.1, -0.05) is 26.8 Å². The maximum atomic E-state index is 12.6. The number of hydrogen-bond donors (Lipinski definition) is 0. The van der Waals surface area contributed by atoms with E-state index in [2.05, 4.69) is 0 Å². The summed E-state index contributed by atoms with van der Waals surface area (Å²) in [5.41, 5.74) is 0.304. The molecule has 3 saturated heterocycles. The molecule has 0 spiro atoms. The molecule has 9 nitrogen and oxygen atoms in total. The molecule has 0 aromatic carbocycles. The molecule has 3 rings (SSSR count). The Bertz CT molecular complexity index is 764. The third kappa shape index (κ3) is 5.34. The van der Waals surface area contributed by atoms with Gasteiger partial charge in [-0.25, -0.2) is 4.79 Å². The molecule has 0 saturated carbocycles. The molecule has 0 aromatic rings. The molecule has 3 aliphatic heterocycles. The molecule has 3 fully saturated rings. The van der Waals surface area contributed by atoms with Crippen molar-refractivity contribution in [1.29, 1.82) is 0 Å². The summed E-state index contributed by atoms with van der Waals surface area (Å²) in [4.78, 5) is 24.4. The summed E-state index contributed by atoms with van der Waals surface area (Å²) < 4.78 is 40.5. The first kappa shape index (κ1) is 25.1. The van der Waals surface area contributed by atoms with E-state index in [0.29, 0.717) is 6.61 Å². The van der Waals surface area contributed by atoms with E-state index < -0.39 is 59.4 Å². The van der Waals surface area contributed by atoms with Crippen molar-refractivity contribution in [3.8, 4) is 0 Å². The number of carbonyl (C=O) groups excluding carboxylic acids is 2. The van der Waals surface area contributed by atoms with Crippen molar-refractivity contribution in [2.45, 2.75) is 97.7 Å². The molecule has 0 amide bonds. The third-order valence-electron chi connectivity index (χ3n) is 5.79. The lowest BCUT2D eigenvalue weighted by molar-refractivity contribution is -0.215. The Morgan fingerprint density at radius 2 is 1.72 bits per heavy atom. The molecule has 9 heteroatoms. The number of methoxy groups -OCH3 is 1. The fraction of sp³-hybridized carbons (Fsp3) is 0.826. The largest absolute Gasteiger partial charge is 0.466 e. The predicted octanol–water partition coefficient (Wildman–Crippen LogP) is 2.71. The van der Waals surface area contributed by atoms with Crippen LogP contribution >= 0.6 is 0 Å². The van der Waals surface area contributed by atoms with Gasteiger partial charge in [0, 0.05) is 12.8 Å². The molecule has 3 heterocycles. The van der Waals surface area contributed by atoms with Crippen molar-refractivity contribution in [2.75, 3.05) is 13.7 Å². The van der Waals surface area contributed by atoms with Crippen molar-refractivity contribution in [3.05, 3.63) is 11.6 Å². The van der Waals surface area contributed by atoms with Gasteiger partial charge in [-0.05, 0) is 38.7 Å². The second kappa shape index (κ2) is 8.68. The summed E-state index contributed by atoms with van der Waals surface area (Å²) >= 11 is 0. The van der Waals surface area contributed by atoms with Crippen LogP contribution in [0.2, 0.25) is 0 Å². The molecule has 0 aliphatic carbocycles. The Balaban J connectivity index is 2.03. The zero-order chi connectivity index (χ0) is 24.1. The fourth-order valence-corrected chi connectivity index (χ4v) is 4.36. The molecule has 0 unspecified atom stereocenters. The second-order valence-corrected chi connectivity index (χ2v) is 10.5. The van der Waals surface area contributed by atoms with E-state index in [0.717, 1.165) is 5.57 Å². The average molecular weight is 457 g/mol. The highest BCUT2D eigenvalue weighted by Crippen LogP contribution is 2.45. The first-order valence-corrected chi connectivity index (χ1v) is 10.9. The van der Waals surface area contributed by atoms with Crippen LogP contribution < -0.4 is 0 Å². The summed E-state index contributed by atoms with van der Waals surface area (Å²) in [6, 6.07) is 0. The van der Waals surface area contributed by atoms with Gasteiger partial charge in [0.1, 0.15) is 18.3 Å². The van der Waals surface area contributed by atoms with Crippen LogP contribution in [-0.4, -0.2) is 67.9 Å². The maximum absolute atomic E-state index is 12.6. The van der Waals surface area contributed by atoms with E-state index in [1.165, 1.54) is 14.0 Å². The number of rotatable bonds is 5. The Hall–Kier alpha value is -1.52. The molecule has 0 N–H and O–H groups in total. The van der Waals surface area contributed by atoms with Gasteiger partial charge < -0.3 is 33.2 Å². The summed E-state index contributed by atoms with van der Waals surface area (Å²) in [6.07, 6.45) is -1.25. The van der Waals surface area contributed by atoms with Crippen LogP contribution in [0.1, 0.15) is 55.4 Å². The molecule has 0 aromatic heterocycles. The van der Waals surface area contributed by atoms with E-state index in [1.807, 2.05) is 54.5 Å². The van der Waals surface area contributed by atoms with Gasteiger partial charge in [0.2, 0.25) is 6.10 Å². The van der Waals surface area contributed by atoms with Crippen LogP contribution in [-0.2, 0) is 42.7 Å². The first-order chi connectivity index (χ1) is 14.6. The van der Waals surface area contributed by atoms with E-state index in [1.54, 1.807) is 0 Å². The average Bonchev–Trinajstić information content (AvgIpc) is 3.25. The number of hydrogen-bond acceptors (Lipinski definition) is 9. The number of esters is 2. The monoisotopic (exact) mass is 456 g/mol. The normalized spacial score (nSPS) is 34.2. The van der Waals surface area contributed by atoms with Crippen molar-refractivity contribution >= 4 is 11.9 Å². The zero-order valence-electron chi connectivity index (χ0n) is 20.4. The van der Waals surface area contributed by atoms with E-state index in [9.17, 15) is 9.59 Å². The minimum Gasteiger partial charge on any atom is -0.466 e. The smallest absolute Gasteiger partial charge is 0.347 e. The summed E-state index contributed by atoms with van der Waals surface area (Å²) in [5, 5.41) is 0. The summed E-state index contributed by atoms with van der Waals surface area (Å²) in [7, 11) is 1.27. The summed E-state index contributed by atoms with van der Waals surface area (Å²) in [6.45, 7) is 14.8. The molecule has 3 aliphatic rings. The topological polar surface area (TPSA) is 98.8 Å². The minimum absolute atomic E-state index is 0.336. The molecular formula is C23H36O9. The van der Waals surface area contributed by atoms with E-state index in [-0.39, 0.29) is 6.10 Å². The van der Waals surface area contributed by atoms with Crippen molar-refractivity contribution < 1.29 is 42.7 Å². The van der Waals surface area contributed by atoms with Gasteiger partial charge in [0.15, 0.2) is 17.9 Å². The molecule has 182 valence electrons. The highest BCUT2D eigenvalue weighted by atomic mass is 16.8. The lowest BCUT2D eigenvalue weighted by atomic mass is 9.75.